The van der Waals surface area contributed by atoms with E-state index in [9.17, 15) is 9.90 Å². The van der Waals surface area contributed by atoms with Crippen LogP contribution in [0.2, 0.25) is 0 Å². The summed E-state index contributed by atoms with van der Waals surface area (Å²) in [6.07, 6.45) is 17.5. The Morgan fingerprint density at radius 3 is 2.49 bits per heavy atom. The van der Waals surface area contributed by atoms with E-state index in [1.807, 2.05) is 0 Å². The minimum absolute atomic E-state index is 0.0410. The molecule has 45 heavy (non-hydrogen) atoms. The third-order valence-corrected chi connectivity index (χ3v) is 15.3. The number of phenolic OH excluding ortho intramolecular Hbond substituents is 1. The summed E-state index contributed by atoms with van der Waals surface area (Å²) in [6, 6.07) is 5.08. The Labute approximate surface area is 273 Å². The standard InChI is InChI=1S/C41H60O4/c1-26(2)27(3)10-11-28(4)30-14-16-34-38(30,7)22-23-41-25-40(41)21-19-35(37(5,6)33(40)18-20-39(34,41)8)45-36(43)17-13-29-12-15-31(42)32(24-29)44-9/h12-13,15,17,24,26,28,30,33-35,42H,3,10-11,14,16,18-23,25H2,1-2,4-9H3/b17-13+/t28-,30-,33+,34+,35+,38-,39+,40-,41+/m1/s1. The minimum atomic E-state index is -0.279. The van der Waals surface area contributed by atoms with Crippen molar-refractivity contribution in [1.82, 2.24) is 0 Å². The lowest BCUT2D eigenvalue weighted by atomic mass is 9.41. The molecule has 6 rings (SSSR count). The number of ether oxygens (including phenoxy) is 2. The highest BCUT2D eigenvalue weighted by molar-refractivity contribution is 5.87. The molecule has 0 amide bonds. The van der Waals surface area contributed by atoms with Gasteiger partial charge in [-0.05, 0) is 146 Å². The third kappa shape index (κ3) is 4.85. The average Bonchev–Trinajstić information content (AvgIpc) is 3.53. The van der Waals surface area contributed by atoms with E-state index in [2.05, 4.69) is 55.0 Å². The van der Waals surface area contributed by atoms with Crippen molar-refractivity contribution in [2.75, 3.05) is 7.11 Å². The highest BCUT2D eigenvalue weighted by Crippen LogP contribution is 2.90. The lowest BCUT2D eigenvalue weighted by Crippen LogP contribution is -2.58. The molecule has 9 atom stereocenters. The van der Waals surface area contributed by atoms with Crippen molar-refractivity contribution in [2.24, 2.45) is 56.7 Å². The van der Waals surface area contributed by atoms with Gasteiger partial charge in [-0.15, -0.1) is 0 Å². The Morgan fingerprint density at radius 1 is 1.02 bits per heavy atom. The van der Waals surface area contributed by atoms with Gasteiger partial charge in [0.1, 0.15) is 6.10 Å². The summed E-state index contributed by atoms with van der Waals surface area (Å²) in [5.74, 6) is 3.85. The molecule has 4 heteroatoms. The number of carbonyl (C=O) groups excluding carboxylic acids is 1. The van der Waals surface area contributed by atoms with Crippen molar-refractivity contribution < 1.29 is 19.4 Å². The molecular weight excluding hydrogens is 556 g/mol. The first-order chi connectivity index (χ1) is 21.1. The lowest BCUT2D eigenvalue weighted by Gasteiger charge is -2.64. The van der Waals surface area contributed by atoms with E-state index in [0.717, 1.165) is 29.7 Å². The van der Waals surface area contributed by atoms with Gasteiger partial charge >= 0.3 is 5.97 Å². The maximum Gasteiger partial charge on any atom is 0.331 e. The highest BCUT2D eigenvalue weighted by Gasteiger charge is 2.83. The monoisotopic (exact) mass is 616 g/mol. The topological polar surface area (TPSA) is 55.8 Å². The summed E-state index contributed by atoms with van der Waals surface area (Å²) in [4.78, 5) is 13.1. The Kier molecular flexibility index (Phi) is 8.13. The fourth-order valence-corrected chi connectivity index (χ4v) is 12.7. The van der Waals surface area contributed by atoms with Crippen molar-refractivity contribution >= 4 is 12.0 Å². The van der Waals surface area contributed by atoms with Crippen LogP contribution in [0.15, 0.2) is 36.4 Å². The van der Waals surface area contributed by atoms with E-state index in [1.165, 1.54) is 83.0 Å². The van der Waals surface area contributed by atoms with Gasteiger partial charge in [0.05, 0.1) is 7.11 Å². The van der Waals surface area contributed by atoms with E-state index in [-0.39, 0.29) is 23.2 Å². The van der Waals surface area contributed by atoms with Crippen molar-refractivity contribution in [3.63, 3.8) is 0 Å². The van der Waals surface area contributed by atoms with Gasteiger partial charge < -0.3 is 14.6 Å². The summed E-state index contributed by atoms with van der Waals surface area (Å²) in [5.41, 5.74) is 3.97. The van der Waals surface area contributed by atoms with Crippen LogP contribution in [-0.4, -0.2) is 24.3 Å². The molecule has 4 nitrogen and oxygen atoms in total. The quantitative estimate of drug-likeness (QED) is 0.170. The number of hydrogen-bond donors (Lipinski definition) is 1. The molecule has 5 fully saturated rings. The fraction of sp³-hybridized carbons (Fsp3) is 0.732. The van der Waals surface area contributed by atoms with Crippen LogP contribution in [0, 0.1) is 56.7 Å². The van der Waals surface area contributed by atoms with Crippen LogP contribution >= 0.6 is 0 Å². The number of fused-ring (bicyclic) bond motifs is 2. The summed E-state index contributed by atoms with van der Waals surface area (Å²) in [6.45, 7) is 21.7. The molecule has 0 aromatic heterocycles. The molecule has 0 bridgehead atoms. The Hall–Kier alpha value is -2.23. The predicted octanol–water partition coefficient (Wildman–Crippen LogP) is 10.4. The largest absolute Gasteiger partial charge is 0.504 e. The molecule has 0 saturated heterocycles. The molecule has 5 aliphatic rings. The van der Waals surface area contributed by atoms with Crippen LogP contribution in [0.1, 0.15) is 125 Å². The van der Waals surface area contributed by atoms with E-state index in [0.29, 0.717) is 39.2 Å². The number of rotatable bonds is 9. The van der Waals surface area contributed by atoms with Crippen molar-refractivity contribution in [3.05, 3.63) is 42.0 Å². The number of esters is 1. The van der Waals surface area contributed by atoms with Crippen LogP contribution in [0.5, 0.6) is 11.5 Å². The zero-order valence-corrected chi connectivity index (χ0v) is 29.5. The van der Waals surface area contributed by atoms with Gasteiger partial charge in [0.2, 0.25) is 0 Å². The first-order valence-corrected chi connectivity index (χ1v) is 18.1. The van der Waals surface area contributed by atoms with Crippen molar-refractivity contribution in [1.29, 1.82) is 0 Å². The Balaban J connectivity index is 1.15. The minimum Gasteiger partial charge on any atom is -0.504 e. The molecule has 1 N–H and O–H groups in total. The SMILES string of the molecule is C=C(CC[C@@H](C)[C@H]1CC[C@H]2[C@]1(C)CC[C@@]13C[C@@]14CC[C@H](OC(=O)/C=C/c1ccc(O)c(OC)c1)C(C)(C)[C@@H]4CC[C@@]23C)C(C)C. The van der Waals surface area contributed by atoms with E-state index in [4.69, 9.17) is 9.47 Å². The second-order valence-corrected chi connectivity index (χ2v) is 17.5. The van der Waals surface area contributed by atoms with Gasteiger partial charge in [-0.2, -0.15) is 0 Å². The van der Waals surface area contributed by atoms with Gasteiger partial charge in [-0.3, -0.25) is 0 Å². The number of allylic oxidation sites excluding steroid dienone is 1. The summed E-state index contributed by atoms with van der Waals surface area (Å²) >= 11 is 0. The van der Waals surface area contributed by atoms with Crippen LogP contribution < -0.4 is 4.74 Å². The molecule has 5 saturated carbocycles. The third-order valence-electron chi connectivity index (χ3n) is 15.3. The molecule has 5 aliphatic carbocycles. The van der Waals surface area contributed by atoms with Gasteiger partial charge in [-0.1, -0.05) is 66.7 Å². The van der Waals surface area contributed by atoms with Gasteiger partial charge in [0.15, 0.2) is 11.5 Å². The molecule has 0 unspecified atom stereocenters. The molecule has 1 aromatic carbocycles. The smallest absolute Gasteiger partial charge is 0.331 e. The first-order valence-electron chi connectivity index (χ1n) is 18.1. The van der Waals surface area contributed by atoms with E-state index >= 15 is 0 Å². The van der Waals surface area contributed by atoms with Crippen LogP contribution in [-0.2, 0) is 9.53 Å². The number of benzene rings is 1. The average molecular weight is 617 g/mol. The van der Waals surface area contributed by atoms with Crippen molar-refractivity contribution in [3.8, 4) is 11.5 Å². The second-order valence-electron chi connectivity index (χ2n) is 17.5. The lowest BCUT2D eigenvalue weighted by molar-refractivity contribution is -0.185. The van der Waals surface area contributed by atoms with Gasteiger partial charge in [0, 0.05) is 11.5 Å². The normalized spacial score (nSPS) is 40.2. The zero-order chi connectivity index (χ0) is 32.6. The van der Waals surface area contributed by atoms with Crippen molar-refractivity contribution in [2.45, 2.75) is 125 Å². The molecule has 2 spiro atoms. The number of phenols is 1. The van der Waals surface area contributed by atoms with E-state index < -0.39 is 0 Å². The van der Waals surface area contributed by atoms with Gasteiger partial charge in [0.25, 0.3) is 0 Å². The zero-order valence-electron chi connectivity index (χ0n) is 29.5. The molecule has 248 valence electrons. The second kappa shape index (κ2) is 11.2. The summed E-state index contributed by atoms with van der Waals surface area (Å²) in [5, 5.41) is 9.89. The van der Waals surface area contributed by atoms with E-state index in [1.54, 1.807) is 24.3 Å². The predicted molar refractivity (Wildman–Crippen MR) is 183 cm³/mol. The molecule has 0 radical (unpaired) electrons. The molecule has 0 heterocycles. The highest BCUT2D eigenvalue weighted by atomic mass is 16.5. The van der Waals surface area contributed by atoms with Gasteiger partial charge in [-0.25, -0.2) is 4.79 Å². The molecule has 0 aliphatic heterocycles. The molecular formula is C41H60O4. The maximum atomic E-state index is 13.1. The number of aromatic hydroxyl groups is 1. The van der Waals surface area contributed by atoms with Crippen LogP contribution in [0.3, 0.4) is 0 Å². The maximum absolute atomic E-state index is 13.1. The molecule has 1 aromatic rings. The Bertz CT molecular complexity index is 1360. The Morgan fingerprint density at radius 2 is 1.78 bits per heavy atom. The number of methoxy groups -OCH3 is 1. The summed E-state index contributed by atoms with van der Waals surface area (Å²) < 4.78 is 11.5. The summed E-state index contributed by atoms with van der Waals surface area (Å²) in [7, 11) is 1.52. The number of carbonyl (C=O) groups is 1. The van der Waals surface area contributed by atoms with Crippen LogP contribution in [0.25, 0.3) is 6.08 Å². The number of hydrogen-bond acceptors (Lipinski definition) is 4. The van der Waals surface area contributed by atoms with Crippen LogP contribution in [0.4, 0.5) is 0 Å². The fourth-order valence-electron chi connectivity index (χ4n) is 12.7. The first kappa shape index (κ1) is 32.7.